The van der Waals surface area contributed by atoms with Crippen LogP contribution in [-0.2, 0) is 0 Å². The zero-order valence-corrected chi connectivity index (χ0v) is 22.6. The normalized spacial score (nSPS) is 14.1. The molecule has 1 fully saturated rings. The Balaban J connectivity index is 1.43. The fourth-order valence-electron chi connectivity index (χ4n) is 4.88. The van der Waals surface area contributed by atoms with Crippen LogP contribution >= 0.6 is 11.6 Å². The van der Waals surface area contributed by atoms with Gasteiger partial charge in [-0.25, -0.2) is 9.07 Å². The van der Waals surface area contributed by atoms with Crippen LogP contribution in [0.2, 0.25) is 5.02 Å². The molecule has 5 aromatic rings. The maximum Gasteiger partial charge on any atom is 0.123 e. The first kappa shape index (κ1) is 26.2. The van der Waals surface area contributed by atoms with Crippen LogP contribution in [-0.4, -0.2) is 20.0 Å². The Morgan fingerprint density at radius 3 is 2.51 bits per heavy atom. The second-order valence-electron chi connectivity index (χ2n) is 9.97. The lowest BCUT2D eigenvalue weighted by Crippen LogP contribution is -2.14. The summed E-state index contributed by atoms with van der Waals surface area (Å²) in [5, 5.41) is 36.2. The molecule has 2 aromatic heterocycles. The van der Waals surface area contributed by atoms with E-state index < -0.39 is 6.04 Å². The minimum Gasteiger partial charge on any atom is -0.376 e. The van der Waals surface area contributed by atoms with Crippen LogP contribution in [0.4, 0.5) is 15.8 Å². The van der Waals surface area contributed by atoms with Crippen LogP contribution in [0, 0.1) is 28.5 Å². The van der Waals surface area contributed by atoms with Crippen LogP contribution < -0.4 is 10.6 Å². The van der Waals surface area contributed by atoms with Gasteiger partial charge in [-0.2, -0.15) is 10.5 Å². The molecule has 3 aromatic carbocycles. The van der Waals surface area contributed by atoms with E-state index in [0.29, 0.717) is 44.6 Å². The highest BCUT2D eigenvalue weighted by molar-refractivity contribution is 6.35. The standard InChI is InChI=1S/C31H24ClFN8/c32-26-15-23(37-30(20-6-8-22(33)9-7-20)28-18-41(40-39-28)24-10-11-24)14-25-29(21(16-35)17-36-31(25)26)38-27(12-13-34)19-4-2-1-3-5-19/h1-9,14-15,17-18,24,27,30,37H,10-12H2,(H,36,38)/t27-,30+/m1/s1. The number of nitrogens with one attached hydrogen (secondary N) is 2. The molecule has 2 heterocycles. The molecule has 202 valence electrons. The second-order valence-corrected chi connectivity index (χ2v) is 10.4. The molecule has 2 N–H and O–H groups in total. The first-order chi connectivity index (χ1) is 20.0. The zero-order valence-electron chi connectivity index (χ0n) is 21.8. The van der Waals surface area contributed by atoms with E-state index in [0.717, 1.165) is 24.0 Å². The van der Waals surface area contributed by atoms with Crippen LogP contribution in [0.3, 0.4) is 0 Å². The van der Waals surface area contributed by atoms with Crippen LogP contribution in [0.5, 0.6) is 0 Å². The molecule has 8 nitrogen and oxygen atoms in total. The molecule has 0 unspecified atom stereocenters. The van der Waals surface area contributed by atoms with Crippen LogP contribution in [0.1, 0.15) is 59.8 Å². The van der Waals surface area contributed by atoms with Gasteiger partial charge in [0.1, 0.15) is 17.6 Å². The van der Waals surface area contributed by atoms with Crippen molar-refractivity contribution in [1.29, 1.82) is 10.5 Å². The Hall–Kier alpha value is -4.99. The second kappa shape index (κ2) is 11.2. The number of aromatic nitrogens is 4. The number of benzene rings is 3. The number of hydrogen-bond acceptors (Lipinski definition) is 7. The highest BCUT2D eigenvalue weighted by Gasteiger charge is 2.27. The van der Waals surface area contributed by atoms with Gasteiger partial charge in [0, 0.05) is 17.3 Å². The van der Waals surface area contributed by atoms with E-state index in [2.05, 4.69) is 38.1 Å². The minimum absolute atomic E-state index is 0.188. The highest BCUT2D eigenvalue weighted by atomic mass is 35.5. The Morgan fingerprint density at radius 1 is 1.02 bits per heavy atom. The van der Waals surface area contributed by atoms with Crippen molar-refractivity contribution in [3.05, 3.63) is 112 Å². The average Bonchev–Trinajstić information content (AvgIpc) is 3.73. The number of anilines is 2. The summed E-state index contributed by atoms with van der Waals surface area (Å²) >= 11 is 6.75. The van der Waals surface area contributed by atoms with Gasteiger partial charge < -0.3 is 10.6 Å². The van der Waals surface area contributed by atoms with E-state index in [1.54, 1.807) is 18.2 Å². The summed E-state index contributed by atoms with van der Waals surface area (Å²) in [4.78, 5) is 4.46. The van der Waals surface area contributed by atoms with E-state index in [9.17, 15) is 14.9 Å². The van der Waals surface area contributed by atoms with Gasteiger partial charge in [0.2, 0.25) is 0 Å². The zero-order chi connectivity index (χ0) is 28.3. The average molecular weight is 563 g/mol. The molecular formula is C31H24ClFN8. The molecule has 10 heteroatoms. The van der Waals surface area contributed by atoms with Crippen LogP contribution in [0.25, 0.3) is 10.9 Å². The van der Waals surface area contributed by atoms with Gasteiger partial charge in [0.25, 0.3) is 0 Å². The Kier molecular flexibility index (Phi) is 7.20. The molecule has 0 radical (unpaired) electrons. The van der Waals surface area contributed by atoms with Gasteiger partial charge in [-0.15, -0.1) is 5.10 Å². The number of halogens is 2. The lowest BCUT2D eigenvalue weighted by molar-refractivity contribution is 0.610. The SMILES string of the molecule is N#CC[C@@H](Nc1c(C#N)cnc2c(Cl)cc(N[C@@H](c3ccc(F)cc3)c3cn(C4CC4)nn3)cc12)c1ccccc1. The summed E-state index contributed by atoms with van der Waals surface area (Å²) < 4.78 is 15.7. The van der Waals surface area contributed by atoms with Crippen molar-refractivity contribution in [3.63, 3.8) is 0 Å². The quantitative estimate of drug-likeness (QED) is 0.197. The highest BCUT2D eigenvalue weighted by Crippen LogP contribution is 2.38. The van der Waals surface area contributed by atoms with Crippen molar-refractivity contribution in [2.45, 2.75) is 37.4 Å². The lowest BCUT2D eigenvalue weighted by Gasteiger charge is -2.22. The van der Waals surface area contributed by atoms with Crippen molar-refractivity contribution in [3.8, 4) is 12.1 Å². The summed E-state index contributed by atoms with van der Waals surface area (Å²) in [6.07, 6.45) is 5.72. The van der Waals surface area contributed by atoms with Crippen molar-refractivity contribution in [2.75, 3.05) is 10.6 Å². The van der Waals surface area contributed by atoms with Gasteiger partial charge in [-0.3, -0.25) is 4.98 Å². The minimum atomic E-state index is -0.448. The van der Waals surface area contributed by atoms with Crippen molar-refractivity contribution < 1.29 is 4.39 Å². The predicted molar refractivity (Wildman–Crippen MR) is 155 cm³/mol. The van der Waals surface area contributed by atoms with Gasteiger partial charge >= 0.3 is 0 Å². The first-order valence-electron chi connectivity index (χ1n) is 13.2. The fourth-order valence-corrected chi connectivity index (χ4v) is 5.14. The molecule has 0 bridgehead atoms. The Bertz CT molecular complexity index is 1790. The molecule has 1 saturated carbocycles. The number of hydrogen-bond donors (Lipinski definition) is 2. The van der Waals surface area contributed by atoms with Crippen molar-refractivity contribution in [2.24, 2.45) is 0 Å². The molecule has 41 heavy (non-hydrogen) atoms. The Morgan fingerprint density at radius 2 is 1.80 bits per heavy atom. The van der Waals surface area contributed by atoms with E-state index in [4.69, 9.17) is 11.6 Å². The smallest absolute Gasteiger partial charge is 0.123 e. The number of nitrogens with zero attached hydrogens (tertiary/aromatic N) is 6. The Labute approximate surface area is 241 Å². The molecule has 0 spiro atoms. The first-order valence-corrected chi connectivity index (χ1v) is 13.6. The van der Waals surface area contributed by atoms with E-state index >= 15 is 0 Å². The molecule has 1 aliphatic carbocycles. The monoisotopic (exact) mass is 562 g/mol. The number of rotatable bonds is 9. The topological polar surface area (TPSA) is 115 Å². The summed E-state index contributed by atoms with van der Waals surface area (Å²) in [5.41, 5.74) is 4.41. The molecule has 0 amide bonds. The van der Waals surface area contributed by atoms with E-state index in [1.807, 2.05) is 47.3 Å². The summed E-state index contributed by atoms with van der Waals surface area (Å²) in [6, 6.07) is 23.5. The lowest BCUT2D eigenvalue weighted by atomic mass is 10.0. The molecule has 1 aliphatic rings. The third-order valence-electron chi connectivity index (χ3n) is 7.12. The number of pyridine rings is 1. The number of nitriles is 2. The van der Waals surface area contributed by atoms with Gasteiger partial charge in [-0.05, 0) is 48.2 Å². The van der Waals surface area contributed by atoms with Crippen LogP contribution in [0.15, 0.2) is 79.1 Å². The predicted octanol–water partition coefficient (Wildman–Crippen LogP) is 7.09. The fraction of sp³-hybridized carbons (Fsp3) is 0.194. The molecule has 0 saturated heterocycles. The molecule has 2 atom stereocenters. The third-order valence-corrected chi connectivity index (χ3v) is 7.41. The molecule has 0 aliphatic heterocycles. The third kappa shape index (κ3) is 5.54. The van der Waals surface area contributed by atoms with E-state index in [1.165, 1.54) is 18.3 Å². The van der Waals surface area contributed by atoms with Gasteiger partial charge in [0.15, 0.2) is 0 Å². The molecular weight excluding hydrogens is 539 g/mol. The summed E-state index contributed by atoms with van der Waals surface area (Å²) in [7, 11) is 0. The van der Waals surface area contributed by atoms with Gasteiger partial charge in [0.05, 0.1) is 58.6 Å². The number of fused-ring (bicyclic) bond motifs is 1. The summed E-state index contributed by atoms with van der Waals surface area (Å²) in [6.45, 7) is 0. The van der Waals surface area contributed by atoms with Gasteiger partial charge in [-0.1, -0.05) is 59.3 Å². The van der Waals surface area contributed by atoms with Crippen molar-refractivity contribution in [1.82, 2.24) is 20.0 Å². The maximum absolute atomic E-state index is 13.8. The molecule has 6 rings (SSSR count). The maximum atomic E-state index is 13.8. The summed E-state index contributed by atoms with van der Waals surface area (Å²) in [5.74, 6) is -0.334. The van der Waals surface area contributed by atoms with Crippen molar-refractivity contribution >= 4 is 33.9 Å². The largest absolute Gasteiger partial charge is 0.376 e. The van der Waals surface area contributed by atoms with E-state index in [-0.39, 0.29) is 18.3 Å².